The third kappa shape index (κ3) is 3.57. The summed E-state index contributed by atoms with van der Waals surface area (Å²) in [5.74, 6) is 0. The Kier molecular flexibility index (Phi) is 5.35. The summed E-state index contributed by atoms with van der Waals surface area (Å²) < 4.78 is 2.39. The predicted octanol–water partition coefficient (Wildman–Crippen LogP) is -6.29. The van der Waals surface area contributed by atoms with E-state index in [0.29, 0.717) is 0 Å². The molecule has 0 spiro atoms. The molecule has 0 amide bonds. The summed E-state index contributed by atoms with van der Waals surface area (Å²) in [6, 6.07) is 9.56. The highest BCUT2D eigenvalue weighted by molar-refractivity contribution is 5.22. The number of nitrogens with zero attached hydrogens (tertiary/aromatic N) is 8. The van der Waals surface area contributed by atoms with E-state index >= 15 is 0 Å². The number of hydrogen-bond acceptors (Lipinski definition) is 6. The van der Waals surface area contributed by atoms with Gasteiger partial charge in [-0.25, -0.2) is 29.4 Å². The Balaban J connectivity index is 0.000000963. The van der Waals surface area contributed by atoms with Crippen molar-refractivity contribution in [3.63, 3.8) is 0 Å². The zero-order chi connectivity index (χ0) is 18.3. The van der Waals surface area contributed by atoms with Crippen LogP contribution in [0.2, 0.25) is 0 Å². The molecule has 8 bridgehead atoms. The van der Waals surface area contributed by atoms with Gasteiger partial charge in [0.2, 0.25) is 0 Å². The van der Waals surface area contributed by atoms with Crippen molar-refractivity contribution in [2.75, 3.05) is 80.0 Å². The molecular weight excluding hydrogens is 423 g/mol. The summed E-state index contributed by atoms with van der Waals surface area (Å²) >= 11 is 0. The summed E-state index contributed by atoms with van der Waals surface area (Å²) in [6.07, 6.45) is 0. The Hall–Kier alpha value is -0.520. The van der Waals surface area contributed by atoms with Crippen molar-refractivity contribution in [2.24, 2.45) is 0 Å². The molecule has 0 N–H and O–H groups in total. The van der Waals surface area contributed by atoms with Gasteiger partial charge in [0.25, 0.3) is 0 Å². The first-order chi connectivity index (χ1) is 13.6. The molecular formula is C20H32Cl2N8. The maximum atomic E-state index is 2.62. The molecule has 8 saturated heterocycles. The fourth-order valence-corrected chi connectivity index (χ4v) is 7.22. The minimum absolute atomic E-state index is 0. The van der Waals surface area contributed by atoms with Crippen LogP contribution < -0.4 is 24.8 Å². The largest absolute Gasteiger partial charge is 1.00 e. The van der Waals surface area contributed by atoms with E-state index in [9.17, 15) is 0 Å². The van der Waals surface area contributed by atoms with Crippen LogP contribution in [0.25, 0.3) is 0 Å². The molecule has 8 aliphatic heterocycles. The van der Waals surface area contributed by atoms with Crippen LogP contribution in [0.15, 0.2) is 24.3 Å². The highest BCUT2D eigenvalue weighted by atomic mass is 35.5. The average molecular weight is 455 g/mol. The normalized spacial score (nSPS) is 47.1. The number of quaternary nitrogens is 2. The van der Waals surface area contributed by atoms with Crippen molar-refractivity contribution in [1.82, 2.24) is 29.4 Å². The number of benzene rings is 1. The van der Waals surface area contributed by atoms with Crippen LogP contribution in [0.1, 0.15) is 11.1 Å². The van der Waals surface area contributed by atoms with Crippen molar-refractivity contribution in [3.05, 3.63) is 35.4 Å². The van der Waals surface area contributed by atoms with E-state index in [1.165, 1.54) is 113 Å². The summed E-state index contributed by atoms with van der Waals surface area (Å²) in [5, 5.41) is 0. The molecule has 0 aromatic heterocycles. The third-order valence-corrected chi connectivity index (χ3v) is 7.43. The van der Waals surface area contributed by atoms with Crippen LogP contribution in [-0.4, -0.2) is 118 Å². The molecule has 30 heavy (non-hydrogen) atoms. The Morgan fingerprint density at radius 1 is 0.533 bits per heavy atom. The van der Waals surface area contributed by atoms with Gasteiger partial charge in [-0.05, 0) is 6.07 Å². The van der Waals surface area contributed by atoms with E-state index in [0.717, 1.165) is 0 Å². The summed E-state index contributed by atoms with van der Waals surface area (Å²) in [4.78, 5) is 15.7. The fourth-order valence-electron chi connectivity index (χ4n) is 7.22. The zero-order valence-electron chi connectivity index (χ0n) is 17.5. The summed E-state index contributed by atoms with van der Waals surface area (Å²) in [5.41, 5.74) is 3.05. The van der Waals surface area contributed by atoms with Gasteiger partial charge in [-0.3, -0.25) is 8.97 Å². The molecule has 8 aliphatic rings. The molecule has 9 rings (SSSR count). The molecule has 8 nitrogen and oxygen atoms in total. The van der Waals surface area contributed by atoms with Crippen LogP contribution in [0.5, 0.6) is 0 Å². The van der Waals surface area contributed by atoms with Gasteiger partial charge in [0, 0.05) is 11.1 Å². The van der Waals surface area contributed by atoms with Gasteiger partial charge in [0.05, 0.1) is 40.0 Å². The Bertz CT molecular complexity index is 673. The van der Waals surface area contributed by atoms with Crippen LogP contribution in [0, 0.1) is 0 Å². The lowest BCUT2D eigenvalue weighted by Crippen LogP contribution is -3.00. The second-order valence-electron chi connectivity index (χ2n) is 10.5. The molecule has 1 aromatic rings. The maximum absolute atomic E-state index is 2.62. The van der Waals surface area contributed by atoms with Crippen LogP contribution in [-0.2, 0) is 13.1 Å². The van der Waals surface area contributed by atoms with Crippen LogP contribution in [0.4, 0.5) is 0 Å². The topological polar surface area (TPSA) is 19.4 Å². The van der Waals surface area contributed by atoms with Gasteiger partial charge in [-0.1, -0.05) is 18.2 Å². The molecule has 166 valence electrons. The number of halogens is 2. The molecule has 0 saturated carbocycles. The van der Waals surface area contributed by atoms with E-state index in [1.807, 2.05) is 0 Å². The van der Waals surface area contributed by atoms with Gasteiger partial charge < -0.3 is 24.8 Å². The fraction of sp³-hybridized carbons (Fsp3) is 0.700. The minimum Gasteiger partial charge on any atom is -1.00 e. The maximum Gasteiger partial charge on any atom is 0.139 e. The Morgan fingerprint density at radius 2 is 0.833 bits per heavy atom. The van der Waals surface area contributed by atoms with Crippen molar-refractivity contribution in [1.29, 1.82) is 0 Å². The van der Waals surface area contributed by atoms with Crippen molar-refractivity contribution >= 4 is 0 Å². The quantitative estimate of drug-likeness (QED) is 0.418. The van der Waals surface area contributed by atoms with E-state index in [2.05, 4.69) is 53.7 Å². The lowest BCUT2D eigenvalue weighted by molar-refractivity contribution is -0.992. The standard InChI is InChI=1S/C20H32N8.2ClH/c1-2-19(5-27-13-21-7-22(14-27)9-23(8-21)15-27)4-20(3-1)6-28-16-24-10-25(17-28)12-26(11-24)18-28;;/h1-4H,5-18H2;2*1H/q+2;;/p-2. The van der Waals surface area contributed by atoms with E-state index in [-0.39, 0.29) is 24.8 Å². The molecule has 8 fully saturated rings. The van der Waals surface area contributed by atoms with Gasteiger partial charge in [0.15, 0.2) is 0 Å². The predicted molar refractivity (Wildman–Crippen MR) is 104 cm³/mol. The second kappa shape index (κ2) is 7.52. The van der Waals surface area contributed by atoms with Crippen molar-refractivity contribution in [2.45, 2.75) is 13.1 Å². The van der Waals surface area contributed by atoms with Crippen LogP contribution >= 0.6 is 0 Å². The molecule has 1 aromatic carbocycles. The van der Waals surface area contributed by atoms with E-state index in [1.54, 1.807) is 0 Å². The van der Waals surface area contributed by atoms with Crippen molar-refractivity contribution < 1.29 is 33.8 Å². The third-order valence-electron chi connectivity index (χ3n) is 7.43. The summed E-state index contributed by atoms with van der Waals surface area (Å²) in [6.45, 7) is 16.6. The SMILES string of the molecule is [Cl-].[Cl-].c1cc(C[N+]23CN4CN(CN(C4)C2)C3)cc(C[N+]23CN4CN(CN(C4)C2)C3)c1. The molecule has 0 atom stereocenters. The molecule has 0 radical (unpaired) electrons. The van der Waals surface area contributed by atoms with Gasteiger partial charge >= 0.3 is 0 Å². The molecule has 8 heterocycles. The van der Waals surface area contributed by atoms with Crippen LogP contribution in [0.3, 0.4) is 0 Å². The lowest BCUT2D eigenvalue weighted by atomic mass is 10.1. The average Bonchev–Trinajstić information content (AvgIpc) is 2.58. The number of hydrogen-bond donors (Lipinski definition) is 0. The Morgan fingerprint density at radius 3 is 1.13 bits per heavy atom. The smallest absolute Gasteiger partial charge is 0.139 e. The molecule has 0 unspecified atom stereocenters. The summed E-state index contributed by atoms with van der Waals surface area (Å²) in [7, 11) is 0. The highest BCUT2D eigenvalue weighted by Crippen LogP contribution is 2.33. The van der Waals surface area contributed by atoms with Gasteiger partial charge in [-0.15, -0.1) is 0 Å². The first kappa shape index (κ1) is 21.3. The van der Waals surface area contributed by atoms with E-state index in [4.69, 9.17) is 0 Å². The monoisotopic (exact) mass is 454 g/mol. The van der Waals surface area contributed by atoms with Gasteiger partial charge in [0.1, 0.15) is 53.1 Å². The first-order valence-electron chi connectivity index (χ1n) is 10.8. The lowest BCUT2D eigenvalue weighted by Gasteiger charge is -2.61. The minimum atomic E-state index is 0. The second-order valence-corrected chi connectivity index (χ2v) is 10.5. The van der Waals surface area contributed by atoms with E-state index < -0.39 is 0 Å². The molecule has 10 heteroatoms. The van der Waals surface area contributed by atoms with Gasteiger partial charge in [-0.2, -0.15) is 0 Å². The number of rotatable bonds is 4. The first-order valence-corrected chi connectivity index (χ1v) is 10.8. The zero-order valence-corrected chi connectivity index (χ0v) is 19.1. The highest BCUT2D eigenvalue weighted by Gasteiger charge is 2.49. The molecule has 0 aliphatic carbocycles. The Labute approximate surface area is 191 Å². The van der Waals surface area contributed by atoms with Crippen molar-refractivity contribution in [3.8, 4) is 0 Å².